The summed E-state index contributed by atoms with van der Waals surface area (Å²) in [7, 11) is 0. The van der Waals surface area contributed by atoms with Gasteiger partial charge < -0.3 is 10.2 Å². The number of carbonyl (C=O) groups is 2. The van der Waals surface area contributed by atoms with Crippen molar-refractivity contribution < 1.29 is 14.0 Å². The molecule has 6 heteroatoms. The van der Waals surface area contributed by atoms with E-state index < -0.39 is 0 Å². The van der Waals surface area contributed by atoms with Crippen LogP contribution in [0.25, 0.3) is 0 Å². The van der Waals surface area contributed by atoms with Crippen molar-refractivity contribution in [3.05, 3.63) is 64.4 Å². The van der Waals surface area contributed by atoms with Gasteiger partial charge in [-0.05, 0) is 52.2 Å². The standard InChI is InChI=1S/C18H18BrFN2O2/c1-13(23)22(17-5-3-2-4-16(17)19)12-18(24)21-11-10-14-6-8-15(20)9-7-14/h2-9H,10-12H2,1H3,(H,21,24). The average molecular weight is 393 g/mol. The topological polar surface area (TPSA) is 49.4 Å². The Bertz CT molecular complexity index is 719. The summed E-state index contributed by atoms with van der Waals surface area (Å²) in [6.45, 7) is 1.79. The molecule has 0 spiro atoms. The largest absolute Gasteiger partial charge is 0.354 e. The second-order valence-electron chi connectivity index (χ2n) is 5.28. The molecule has 0 aromatic heterocycles. The quantitative estimate of drug-likeness (QED) is 0.819. The number of amides is 2. The first-order valence-corrected chi connectivity index (χ1v) is 8.30. The molecule has 0 aliphatic carbocycles. The third-order valence-electron chi connectivity index (χ3n) is 3.47. The van der Waals surface area contributed by atoms with E-state index in [1.54, 1.807) is 18.2 Å². The lowest BCUT2D eigenvalue weighted by molar-refractivity contribution is -0.123. The summed E-state index contributed by atoms with van der Waals surface area (Å²) in [5.41, 5.74) is 1.59. The second-order valence-corrected chi connectivity index (χ2v) is 6.14. The Labute approximate surface area is 148 Å². The SMILES string of the molecule is CC(=O)N(CC(=O)NCCc1ccc(F)cc1)c1ccccc1Br. The molecule has 126 valence electrons. The number of carbonyl (C=O) groups excluding carboxylic acids is 2. The van der Waals surface area contributed by atoms with Gasteiger partial charge in [-0.3, -0.25) is 9.59 Å². The van der Waals surface area contributed by atoms with Gasteiger partial charge in [0, 0.05) is 17.9 Å². The molecule has 4 nitrogen and oxygen atoms in total. The van der Waals surface area contributed by atoms with Gasteiger partial charge in [-0.2, -0.15) is 0 Å². The van der Waals surface area contributed by atoms with Crippen LogP contribution in [-0.2, 0) is 16.0 Å². The van der Waals surface area contributed by atoms with E-state index >= 15 is 0 Å². The third kappa shape index (κ3) is 5.16. The van der Waals surface area contributed by atoms with Gasteiger partial charge in [0.15, 0.2) is 0 Å². The van der Waals surface area contributed by atoms with Crippen molar-refractivity contribution in [2.75, 3.05) is 18.0 Å². The molecule has 2 aromatic rings. The Morgan fingerprint density at radius 2 is 1.79 bits per heavy atom. The maximum atomic E-state index is 12.8. The molecule has 0 aliphatic rings. The third-order valence-corrected chi connectivity index (χ3v) is 4.14. The van der Waals surface area contributed by atoms with Crippen LogP contribution in [0.5, 0.6) is 0 Å². The predicted octanol–water partition coefficient (Wildman–Crippen LogP) is 3.30. The number of nitrogens with zero attached hydrogens (tertiary/aromatic N) is 1. The number of hydrogen-bond acceptors (Lipinski definition) is 2. The highest BCUT2D eigenvalue weighted by Gasteiger charge is 2.17. The van der Waals surface area contributed by atoms with Crippen molar-refractivity contribution >= 4 is 33.4 Å². The lowest BCUT2D eigenvalue weighted by Crippen LogP contribution is -2.40. The van der Waals surface area contributed by atoms with Gasteiger partial charge in [-0.1, -0.05) is 24.3 Å². The molecule has 0 atom stereocenters. The van der Waals surface area contributed by atoms with Crippen LogP contribution < -0.4 is 10.2 Å². The summed E-state index contributed by atoms with van der Waals surface area (Å²) in [6, 6.07) is 13.4. The molecule has 0 saturated carbocycles. The van der Waals surface area contributed by atoms with E-state index in [1.807, 2.05) is 18.2 Å². The lowest BCUT2D eigenvalue weighted by atomic mass is 10.1. The van der Waals surface area contributed by atoms with Crippen LogP contribution in [0.4, 0.5) is 10.1 Å². The van der Waals surface area contributed by atoms with Crippen molar-refractivity contribution in [1.82, 2.24) is 5.32 Å². The van der Waals surface area contributed by atoms with Gasteiger partial charge in [0.1, 0.15) is 12.4 Å². The van der Waals surface area contributed by atoms with E-state index in [2.05, 4.69) is 21.2 Å². The summed E-state index contributed by atoms with van der Waals surface area (Å²) in [4.78, 5) is 25.4. The molecule has 1 N–H and O–H groups in total. The Kier molecular flexibility index (Phi) is 6.49. The Balaban J connectivity index is 1.90. The average Bonchev–Trinajstić information content (AvgIpc) is 2.55. The van der Waals surface area contributed by atoms with E-state index in [9.17, 15) is 14.0 Å². The predicted molar refractivity (Wildman–Crippen MR) is 95.3 cm³/mol. The van der Waals surface area contributed by atoms with Crippen LogP contribution in [-0.4, -0.2) is 24.9 Å². The molecule has 2 aromatic carbocycles. The fraction of sp³-hybridized carbons (Fsp3) is 0.222. The highest BCUT2D eigenvalue weighted by molar-refractivity contribution is 9.10. The number of hydrogen-bond donors (Lipinski definition) is 1. The Morgan fingerprint density at radius 1 is 1.12 bits per heavy atom. The van der Waals surface area contributed by atoms with Crippen LogP contribution in [0.15, 0.2) is 53.0 Å². The second kappa shape index (κ2) is 8.59. The number of rotatable bonds is 6. The molecular weight excluding hydrogens is 375 g/mol. The minimum Gasteiger partial charge on any atom is -0.354 e. The number of para-hydroxylation sites is 1. The zero-order valence-corrected chi connectivity index (χ0v) is 14.8. The first-order chi connectivity index (χ1) is 11.5. The van der Waals surface area contributed by atoms with E-state index in [0.717, 1.165) is 10.0 Å². The van der Waals surface area contributed by atoms with Gasteiger partial charge in [0.25, 0.3) is 0 Å². The maximum Gasteiger partial charge on any atom is 0.240 e. The van der Waals surface area contributed by atoms with E-state index in [0.29, 0.717) is 18.7 Å². The van der Waals surface area contributed by atoms with Gasteiger partial charge >= 0.3 is 0 Å². The summed E-state index contributed by atoms with van der Waals surface area (Å²) in [5, 5.41) is 2.78. The zero-order chi connectivity index (χ0) is 17.5. The fourth-order valence-corrected chi connectivity index (χ4v) is 2.73. The van der Waals surface area contributed by atoms with Gasteiger partial charge in [-0.25, -0.2) is 4.39 Å². The Morgan fingerprint density at radius 3 is 2.42 bits per heavy atom. The summed E-state index contributed by atoms with van der Waals surface area (Å²) >= 11 is 3.39. The molecule has 0 saturated heterocycles. The van der Waals surface area contributed by atoms with Crippen molar-refractivity contribution in [3.63, 3.8) is 0 Å². The smallest absolute Gasteiger partial charge is 0.240 e. The van der Waals surface area contributed by atoms with Crippen LogP contribution >= 0.6 is 15.9 Å². The molecule has 24 heavy (non-hydrogen) atoms. The van der Waals surface area contributed by atoms with E-state index in [4.69, 9.17) is 0 Å². The first-order valence-electron chi connectivity index (χ1n) is 7.51. The zero-order valence-electron chi connectivity index (χ0n) is 13.3. The lowest BCUT2D eigenvalue weighted by Gasteiger charge is -2.21. The maximum absolute atomic E-state index is 12.8. The molecule has 0 unspecified atom stereocenters. The van der Waals surface area contributed by atoms with Gasteiger partial charge in [-0.15, -0.1) is 0 Å². The van der Waals surface area contributed by atoms with E-state index in [-0.39, 0.29) is 24.2 Å². The fourth-order valence-electron chi connectivity index (χ4n) is 2.23. The molecule has 0 fully saturated rings. The minimum absolute atomic E-state index is 0.0542. The van der Waals surface area contributed by atoms with Crippen molar-refractivity contribution in [1.29, 1.82) is 0 Å². The van der Waals surface area contributed by atoms with Crippen molar-refractivity contribution in [2.24, 2.45) is 0 Å². The molecule has 0 aliphatic heterocycles. The summed E-state index contributed by atoms with van der Waals surface area (Å²) in [6.07, 6.45) is 0.598. The van der Waals surface area contributed by atoms with E-state index in [1.165, 1.54) is 24.0 Å². The number of nitrogens with one attached hydrogen (secondary N) is 1. The van der Waals surface area contributed by atoms with Crippen LogP contribution in [0.1, 0.15) is 12.5 Å². The van der Waals surface area contributed by atoms with Crippen LogP contribution in [0, 0.1) is 5.82 Å². The van der Waals surface area contributed by atoms with Gasteiger partial charge in [0.05, 0.1) is 5.69 Å². The highest BCUT2D eigenvalue weighted by Crippen LogP contribution is 2.25. The first kappa shape index (κ1) is 18.1. The number of halogens is 2. The molecule has 2 rings (SSSR count). The molecule has 0 bridgehead atoms. The minimum atomic E-state index is -0.284. The summed E-state index contributed by atoms with van der Waals surface area (Å²) in [5.74, 6) is -0.744. The van der Waals surface area contributed by atoms with Crippen molar-refractivity contribution in [3.8, 4) is 0 Å². The molecule has 0 radical (unpaired) electrons. The monoisotopic (exact) mass is 392 g/mol. The Hall–Kier alpha value is -2.21. The molecule has 0 heterocycles. The molecular formula is C18H18BrFN2O2. The highest BCUT2D eigenvalue weighted by atomic mass is 79.9. The number of anilines is 1. The van der Waals surface area contributed by atoms with Crippen LogP contribution in [0.3, 0.4) is 0 Å². The summed E-state index contributed by atoms with van der Waals surface area (Å²) < 4.78 is 13.6. The van der Waals surface area contributed by atoms with Crippen molar-refractivity contribution in [2.45, 2.75) is 13.3 Å². The molecule has 2 amide bonds. The van der Waals surface area contributed by atoms with Gasteiger partial charge in [0.2, 0.25) is 11.8 Å². The normalized spacial score (nSPS) is 10.3. The number of benzene rings is 2. The van der Waals surface area contributed by atoms with Crippen LogP contribution in [0.2, 0.25) is 0 Å².